The molecule has 2 amide bonds. The Hall–Kier alpha value is -2.82. The van der Waals surface area contributed by atoms with Gasteiger partial charge in [-0.15, -0.1) is 0 Å². The maximum absolute atomic E-state index is 12.5. The summed E-state index contributed by atoms with van der Waals surface area (Å²) in [6.45, 7) is 5.57. The van der Waals surface area contributed by atoms with E-state index in [4.69, 9.17) is 4.74 Å². The minimum absolute atomic E-state index is 0.0448. The third-order valence-corrected chi connectivity index (χ3v) is 3.96. The van der Waals surface area contributed by atoms with Gasteiger partial charge in [-0.05, 0) is 50.6 Å². The monoisotopic (exact) mass is 324 g/mol. The molecule has 1 aliphatic rings. The predicted octanol–water partition coefficient (Wildman–Crippen LogP) is 3.06. The molecule has 1 heterocycles. The summed E-state index contributed by atoms with van der Waals surface area (Å²) < 4.78 is 5.62. The van der Waals surface area contributed by atoms with E-state index in [1.54, 1.807) is 6.92 Å². The van der Waals surface area contributed by atoms with Crippen LogP contribution < -0.4 is 15.0 Å². The Balaban J connectivity index is 1.80. The number of aryl methyl sites for hydroxylation is 2. The second kappa shape index (κ2) is 6.35. The first-order valence-corrected chi connectivity index (χ1v) is 7.89. The summed E-state index contributed by atoms with van der Waals surface area (Å²) in [4.78, 5) is 26.3. The molecule has 1 N–H and O–H groups in total. The average Bonchev–Trinajstić information content (AvgIpc) is 2.55. The third kappa shape index (κ3) is 3.25. The van der Waals surface area contributed by atoms with Crippen LogP contribution in [0.5, 0.6) is 5.75 Å². The van der Waals surface area contributed by atoms with E-state index in [2.05, 4.69) is 5.32 Å². The van der Waals surface area contributed by atoms with E-state index in [1.807, 2.05) is 56.3 Å². The van der Waals surface area contributed by atoms with Crippen molar-refractivity contribution in [2.45, 2.75) is 26.9 Å². The van der Waals surface area contributed by atoms with Crippen molar-refractivity contribution in [1.29, 1.82) is 0 Å². The van der Waals surface area contributed by atoms with Crippen molar-refractivity contribution < 1.29 is 14.3 Å². The van der Waals surface area contributed by atoms with Crippen LogP contribution in [-0.4, -0.2) is 24.5 Å². The number of nitrogens with one attached hydrogen (secondary N) is 1. The van der Waals surface area contributed by atoms with Crippen molar-refractivity contribution >= 4 is 23.2 Å². The van der Waals surface area contributed by atoms with Crippen LogP contribution in [0.3, 0.4) is 0 Å². The predicted molar refractivity (Wildman–Crippen MR) is 93.4 cm³/mol. The highest BCUT2D eigenvalue weighted by atomic mass is 16.5. The van der Waals surface area contributed by atoms with Gasteiger partial charge in [-0.25, -0.2) is 0 Å². The SMILES string of the molecule is Cc1ccc(NC(=O)CN2C(=O)C(C)Oc3ccc(C)cc32)cc1. The lowest BCUT2D eigenvalue weighted by atomic mass is 10.1. The van der Waals surface area contributed by atoms with Crippen LogP contribution in [0, 0.1) is 13.8 Å². The number of nitrogens with zero attached hydrogens (tertiary/aromatic N) is 1. The summed E-state index contributed by atoms with van der Waals surface area (Å²) in [5, 5.41) is 2.82. The van der Waals surface area contributed by atoms with Gasteiger partial charge in [0, 0.05) is 5.69 Å². The van der Waals surface area contributed by atoms with Crippen LogP contribution in [0.1, 0.15) is 18.1 Å². The van der Waals surface area contributed by atoms with Crippen LogP contribution in [0.2, 0.25) is 0 Å². The van der Waals surface area contributed by atoms with Crippen molar-refractivity contribution in [1.82, 2.24) is 0 Å². The van der Waals surface area contributed by atoms with Crippen LogP contribution >= 0.6 is 0 Å². The lowest BCUT2D eigenvalue weighted by Crippen LogP contribution is -2.47. The average molecular weight is 324 g/mol. The first-order chi connectivity index (χ1) is 11.4. The number of ether oxygens (including phenoxy) is 1. The first kappa shape index (κ1) is 16.1. The smallest absolute Gasteiger partial charge is 0.268 e. The Kier molecular flexibility index (Phi) is 4.25. The van der Waals surface area contributed by atoms with Crippen molar-refractivity contribution in [2.24, 2.45) is 0 Å². The Labute approximate surface area is 141 Å². The van der Waals surface area contributed by atoms with Crippen molar-refractivity contribution in [3.05, 3.63) is 53.6 Å². The Morgan fingerprint density at radius 1 is 1.12 bits per heavy atom. The van der Waals surface area contributed by atoms with Gasteiger partial charge in [-0.1, -0.05) is 23.8 Å². The molecule has 3 rings (SSSR count). The van der Waals surface area contributed by atoms with Gasteiger partial charge in [0.1, 0.15) is 12.3 Å². The quantitative estimate of drug-likeness (QED) is 0.944. The molecule has 0 spiro atoms. The molecule has 0 aliphatic carbocycles. The summed E-state index contributed by atoms with van der Waals surface area (Å²) in [6.07, 6.45) is -0.604. The van der Waals surface area contributed by atoms with Gasteiger partial charge < -0.3 is 10.1 Å². The minimum atomic E-state index is -0.604. The molecule has 2 aromatic carbocycles. The van der Waals surface area contributed by atoms with Crippen LogP contribution in [-0.2, 0) is 9.59 Å². The van der Waals surface area contributed by atoms with Gasteiger partial charge >= 0.3 is 0 Å². The molecule has 124 valence electrons. The van der Waals surface area contributed by atoms with Gasteiger partial charge in [0.15, 0.2) is 6.10 Å². The highest BCUT2D eigenvalue weighted by Crippen LogP contribution is 2.34. The number of hydrogen-bond donors (Lipinski definition) is 1. The number of rotatable bonds is 3. The fourth-order valence-corrected chi connectivity index (χ4v) is 2.66. The molecular weight excluding hydrogens is 304 g/mol. The fraction of sp³-hybridized carbons (Fsp3) is 0.263. The molecule has 0 saturated carbocycles. The lowest BCUT2D eigenvalue weighted by molar-refractivity contribution is -0.127. The maximum Gasteiger partial charge on any atom is 0.268 e. The summed E-state index contributed by atoms with van der Waals surface area (Å²) >= 11 is 0. The van der Waals surface area contributed by atoms with Crippen LogP contribution in [0.15, 0.2) is 42.5 Å². The summed E-state index contributed by atoms with van der Waals surface area (Å²) in [7, 11) is 0. The van der Waals surface area contributed by atoms with E-state index < -0.39 is 6.10 Å². The van der Waals surface area contributed by atoms with Crippen LogP contribution in [0.25, 0.3) is 0 Å². The number of fused-ring (bicyclic) bond motifs is 1. The van der Waals surface area contributed by atoms with E-state index in [-0.39, 0.29) is 18.4 Å². The van der Waals surface area contributed by atoms with Gasteiger partial charge in [-0.2, -0.15) is 0 Å². The van der Waals surface area contributed by atoms with E-state index in [0.717, 1.165) is 11.1 Å². The maximum atomic E-state index is 12.5. The minimum Gasteiger partial charge on any atom is -0.479 e. The molecular formula is C19H20N2O3. The van der Waals surface area contributed by atoms with Crippen molar-refractivity contribution in [3.63, 3.8) is 0 Å². The van der Waals surface area contributed by atoms with Gasteiger partial charge in [0.05, 0.1) is 5.69 Å². The van der Waals surface area contributed by atoms with E-state index in [1.165, 1.54) is 4.90 Å². The normalized spacial score (nSPS) is 16.4. The molecule has 5 nitrogen and oxygen atoms in total. The standard InChI is InChI=1S/C19H20N2O3/c1-12-4-7-15(8-5-12)20-18(22)11-21-16-10-13(2)6-9-17(16)24-14(3)19(21)23/h4-10,14H,11H2,1-3H3,(H,20,22). The van der Waals surface area contributed by atoms with E-state index in [9.17, 15) is 9.59 Å². The second-order valence-corrected chi connectivity index (χ2v) is 6.07. The number of amides is 2. The third-order valence-electron chi connectivity index (χ3n) is 3.96. The lowest BCUT2D eigenvalue weighted by Gasteiger charge is -2.32. The molecule has 1 atom stereocenters. The summed E-state index contributed by atoms with van der Waals surface area (Å²) in [5.41, 5.74) is 3.47. The second-order valence-electron chi connectivity index (χ2n) is 6.07. The molecule has 0 saturated heterocycles. The molecule has 0 aromatic heterocycles. The fourth-order valence-electron chi connectivity index (χ4n) is 2.66. The highest BCUT2D eigenvalue weighted by Gasteiger charge is 2.32. The Bertz CT molecular complexity index is 784. The topological polar surface area (TPSA) is 58.6 Å². The van der Waals surface area contributed by atoms with Crippen molar-refractivity contribution in [2.75, 3.05) is 16.8 Å². The summed E-state index contributed by atoms with van der Waals surface area (Å²) in [5.74, 6) is 0.164. The zero-order chi connectivity index (χ0) is 17.3. The number of carbonyl (C=O) groups is 2. The Morgan fingerprint density at radius 2 is 1.79 bits per heavy atom. The molecule has 24 heavy (non-hydrogen) atoms. The molecule has 0 bridgehead atoms. The Morgan fingerprint density at radius 3 is 2.50 bits per heavy atom. The van der Waals surface area contributed by atoms with E-state index in [0.29, 0.717) is 17.1 Å². The van der Waals surface area contributed by atoms with Crippen LogP contribution in [0.4, 0.5) is 11.4 Å². The first-order valence-electron chi connectivity index (χ1n) is 7.89. The van der Waals surface area contributed by atoms with Gasteiger partial charge in [-0.3, -0.25) is 14.5 Å². The number of benzene rings is 2. The zero-order valence-electron chi connectivity index (χ0n) is 14.0. The zero-order valence-corrected chi connectivity index (χ0v) is 14.0. The highest BCUT2D eigenvalue weighted by molar-refractivity contribution is 6.06. The van der Waals surface area contributed by atoms with E-state index >= 15 is 0 Å². The van der Waals surface area contributed by atoms with Gasteiger partial charge in [0.25, 0.3) is 5.91 Å². The number of anilines is 2. The molecule has 2 aromatic rings. The van der Waals surface area contributed by atoms with Gasteiger partial charge in [0.2, 0.25) is 5.91 Å². The van der Waals surface area contributed by atoms with Crippen molar-refractivity contribution in [3.8, 4) is 5.75 Å². The molecule has 5 heteroatoms. The molecule has 1 unspecified atom stereocenters. The molecule has 0 fully saturated rings. The molecule has 0 radical (unpaired) electrons. The summed E-state index contributed by atoms with van der Waals surface area (Å²) in [6, 6.07) is 13.2. The number of hydrogen-bond acceptors (Lipinski definition) is 3. The molecule has 1 aliphatic heterocycles. The largest absolute Gasteiger partial charge is 0.479 e. The number of carbonyl (C=O) groups excluding carboxylic acids is 2.